The van der Waals surface area contributed by atoms with E-state index >= 15 is 0 Å². The van der Waals surface area contributed by atoms with Gasteiger partial charge in [-0.3, -0.25) is 0 Å². The summed E-state index contributed by atoms with van der Waals surface area (Å²) in [6.07, 6.45) is -0.00428. The van der Waals surface area contributed by atoms with Gasteiger partial charge in [-0.1, -0.05) is 36.4 Å². The summed E-state index contributed by atoms with van der Waals surface area (Å²) in [7, 11) is 1.90. The molecule has 2 aromatic rings. The molecule has 1 atom stereocenters. The zero-order chi connectivity index (χ0) is 23.2. The second-order valence-corrected chi connectivity index (χ2v) is 8.03. The van der Waals surface area contributed by atoms with Crippen LogP contribution >= 0.6 is 11.8 Å². The summed E-state index contributed by atoms with van der Waals surface area (Å²) >= 11 is 1.58. The Morgan fingerprint density at radius 3 is 2.50 bits per heavy atom. The second-order valence-electron chi connectivity index (χ2n) is 6.94. The molecule has 2 aromatic carbocycles. The van der Waals surface area contributed by atoms with Crippen LogP contribution in [0.25, 0.3) is 0 Å². The number of ether oxygens (including phenoxy) is 3. The van der Waals surface area contributed by atoms with Gasteiger partial charge in [-0.2, -0.15) is 0 Å². The maximum Gasteiger partial charge on any atom is 0.407 e. The molecule has 0 spiro atoms. The van der Waals surface area contributed by atoms with Gasteiger partial charge in [-0.15, -0.1) is 11.8 Å². The lowest BCUT2D eigenvalue weighted by Gasteiger charge is -2.19. The molecule has 0 saturated heterocycles. The number of hydrogen-bond donors (Lipinski definition) is 2. The first-order valence-corrected chi connectivity index (χ1v) is 11.3. The van der Waals surface area contributed by atoms with Gasteiger partial charge in [0.15, 0.2) is 0 Å². The van der Waals surface area contributed by atoms with Crippen molar-refractivity contribution in [3.63, 3.8) is 0 Å². The Bertz CT molecular complexity index is 856. The molecule has 0 fully saturated rings. The number of carbonyl (C=O) groups excluding carboxylic acids is 2. The number of rotatable bonds is 13. The Labute approximate surface area is 193 Å². The van der Waals surface area contributed by atoms with Gasteiger partial charge in [-0.25, -0.2) is 9.59 Å². The molecule has 0 bridgehead atoms. The summed E-state index contributed by atoms with van der Waals surface area (Å²) in [4.78, 5) is 24.3. The molecule has 0 aliphatic carbocycles. The van der Waals surface area contributed by atoms with Crippen LogP contribution in [0.4, 0.5) is 4.79 Å². The van der Waals surface area contributed by atoms with Crippen LogP contribution in [0.1, 0.15) is 11.1 Å². The van der Waals surface area contributed by atoms with Crippen LogP contribution in [0.2, 0.25) is 0 Å². The molecular weight excluding hydrogens is 428 g/mol. The molecular formula is C24H30N2O5S. The highest BCUT2D eigenvalue weighted by Gasteiger charge is 2.16. The van der Waals surface area contributed by atoms with Gasteiger partial charge in [0.2, 0.25) is 0 Å². The third-order valence-electron chi connectivity index (χ3n) is 4.25. The zero-order valence-corrected chi connectivity index (χ0v) is 19.3. The van der Waals surface area contributed by atoms with E-state index in [1.54, 1.807) is 11.8 Å². The number of esters is 1. The van der Waals surface area contributed by atoms with Gasteiger partial charge < -0.3 is 24.8 Å². The minimum absolute atomic E-state index is 0.0399. The van der Waals surface area contributed by atoms with E-state index in [0.717, 1.165) is 23.1 Å². The standard InChI is InChI=1S/C24H30N2O5S/c1-4-23(27)29-14-13-26-24(28)31-21(17-32-22-11-5-18(2)6-12-22)16-30-20-9-7-19(8-10-20)15-25-3/h4-12,21,25H,1,13-17H2,2-3H3,(H,26,28). The van der Waals surface area contributed by atoms with E-state index in [1.807, 2.05) is 62.5 Å². The molecule has 1 unspecified atom stereocenters. The lowest BCUT2D eigenvalue weighted by Crippen LogP contribution is -2.35. The van der Waals surface area contributed by atoms with E-state index < -0.39 is 18.2 Å². The summed E-state index contributed by atoms with van der Waals surface area (Å²) in [5, 5.41) is 5.67. The molecule has 172 valence electrons. The first-order valence-electron chi connectivity index (χ1n) is 10.3. The molecule has 2 rings (SSSR count). The van der Waals surface area contributed by atoms with Crippen LogP contribution < -0.4 is 15.4 Å². The van der Waals surface area contributed by atoms with Crippen LogP contribution in [0.3, 0.4) is 0 Å². The SMILES string of the molecule is C=CC(=O)OCCNC(=O)OC(COc1ccc(CNC)cc1)CSc1ccc(C)cc1. The number of hydrogen-bond acceptors (Lipinski definition) is 7. The minimum Gasteiger partial charge on any atom is -0.490 e. The van der Waals surface area contributed by atoms with E-state index in [2.05, 4.69) is 17.2 Å². The summed E-state index contributed by atoms with van der Waals surface area (Å²) in [5.41, 5.74) is 2.34. The minimum atomic E-state index is -0.595. The summed E-state index contributed by atoms with van der Waals surface area (Å²) < 4.78 is 16.2. The molecule has 0 aliphatic heterocycles. The quantitative estimate of drug-likeness (QED) is 0.205. The number of alkyl carbamates (subject to hydrolysis) is 1. The van der Waals surface area contributed by atoms with Crippen LogP contribution in [0.5, 0.6) is 5.75 Å². The first-order chi connectivity index (χ1) is 15.5. The summed E-state index contributed by atoms with van der Waals surface area (Å²) in [6, 6.07) is 15.9. The van der Waals surface area contributed by atoms with Gasteiger partial charge in [0.05, 0.1) is 6.54 Å². The molecule has 8 heteroatoms. The van der Waals surface area contributed by atoms with Crippen molar-refractivity contribution in [2.75, 3.05) is 32.6 Å². The molecule has 0 radical (unpaired) electrons. The van der Waals surface area contributed by atoms with E-state index in [-0.39, 0.29) is 19.8 Å². The lowest BCUT2D eigenvalue weighted by molar-refractivity contribution is -0.137. The van der Waals surface area contributed by atoms with Gasteiger partial charge in [0.1, 0.15) is 25.1 Å². The van der Waals surface area contributed by atoms with E-state index in [9.17, 15) is 9.59 Å². The molecule has 0 aliphatic rings. The summed E-state index contributed by atoms with van der Waals surface area (Å²) in [5.74, 6) is 0.692. The number of carbonyl (C=O) groups is 2. The molecule has 0 heterocycles. The molecule has 7 nitrogen and oxygen atoms in total. The van der Waals surface area contributed by atoms with Crippen molar-refractivity contribution in [2.24, 2.45) is 0 Å². The highest BCUT2D eigenvalue weighted by Crippen LogP contribution is 2.21. The highest BCUT2D eigenvalue weighted by atomic mass is 32.2. The Morgan fingerprint density at radius 2 is 1.84 bits per heavy atom. The fourth-order valence-corrected chi connectivity index (χ4v) is 3.46. The van der Waals surface area contributed by atoms with E-state index in [4.69, 9.17) is 14.2 Å². The maximum atomic E-state index is 12.2. The molecule has 32 heavy (non-hydrogen) atoms. The van der Waals surface area contributed by atoms with Gasteiger partial charge in [0.25, 0.3) is 0 Å². The van der Waals surface area contributed by atoms with Gasteiger partial charge >= 0.3 is 12.1 Å². The summed E-state index contributed by atoms with van der Waals surface area (Å²) in [6.45, 7) is 6.53. The van der Waals surface area contributed by atoms with Crippen molar-refractivity contribution in [1.82, 2.24) is 10.6 Å². The third kappa shape index (κ3) is 9.89. The zero-order valence-electron chi connectivity index (χ0n) is 18.5. The van der Waals surface area contributed by atoms with Crippen molar-refractivity contribution in [3.05, 3.63) is 72.3 Å². The van der Waals surface area contributed by atoms with E-state index in [0.29, 0.717) is 11.5 Å². The smallest absolute Gasteiger partial charge is 0.407 e. The number of amides is 1. The van der Waals surface area contributed by atoms with Crippen LogP contribution in [0, 0.1) is 6.92 Å². The number of aryl methyl sites for hydroxylation is 1. The van der Waals surface area contributed by atoms with Crippen molar-refractivity contribution in [3.8, 4) is 5.75 Å². The van der Waals surface area contributed by atoms with Crippen LogP contribution in [0.15, 0.2) is 66.1 Å². The molecule has 0 aromatic heterocycles. The number of benzene rings is 2. The van der Waals surface area contributed by atoms with Gasteiger partial charge in [0, 0.05) is 23.3 Å². The molecule has 2 N–H and O–H groups in total. The third-order valence-corrected chi connectivity index (χ3v) is 5.40. The normalized spacial score (nSPS) is 11.3. The van der Waals surface area contributed by atoms with Crippen LogP contribution in [-0.2, 0) is 20.8 Å². The Kier molecular flexibility index (Phi) is 11.2. The Morgan fingerprint density at radius 1 is 1.12 bits per heavy atom. The average molecular weight is 459 g/mol. The highest BCUT2D eigenvalue weighted by molar-refractivity contribution is 7.99. The second kappa shape index (κ2) is 14.2. The average Bonchev–Trinajstić information content (AvgIpc) is 2.80. The predicted octanol–water partition coefficient (Wildman–Crippen LogP) is 3.71. The number of nitrogens with one attached hydrogen (secondary N) is 2. The maximum absolute atomic E-state index is 12.2. The van der Waals surface area contributed by atoms with Crippen molar-refractivity contribution < 1.29 is 23.8 Å². The van der Waals surface area contributed by atoms with Crippen molar-refractivity contribution in [1.29, 1.82) is 0 Å². The van der Waals surface area contributed by atoms with Gasteiger partial charge in [-0.05, 0) is 43.8 Å². The Hall–Kier alpha value is -2.97. The molecule has 0 saturated carbocycles. The molecule has 1 amide bonds. The fourth-order valence-electron chi connectivity index (χ4n) is 2.59. The first kappa shape index (κ1) is 25.3. The Balaban J connectivity index is 1.88. The lowest BCUT2D eigenvalue weighted by atomic mass is 10.2. The topological polar surface area (TPSA) is 85.9 Å². The predicted molar refractivity (Wildman–Crippen MR) is 126 cm³/mol. The largest absolute Gasteiger partial charge is 0.490 e. The fraction of sp³-hybridized carbons (Fsp3) is 0.333. The van der Waals surface area contributed by atoms with Crippen molar-refractivity contribution >= 4 is 23.8 Å². The van der Waals surface area contributed by atoms with Crippen LogP contribution in [-0.4, -0.2) is 50.7 Å². The van der Waals surface area contributed by atoms with E-state index in [1.165, 1.54) is 5.56 Å². The van der Waals surface area contributed by atoms with Crippen molar-refractivity contribution in [2.45, 2.75) is 24.5 Å². The monoisotopic (exact) mass is 458 g/mol. The number of thioether (sulfide) groups is 1.